The second-order valence-corrected chi connectivity index (χ2v) is 3.78. The van der Waals surface area contributed by atoms with Crippen molar-refractivity contribution in [2.45, 2.75) is 13.5 Å². The molecule has 90 valence electrons. The summed E-state index contributed by atoms with van der Waals surface area (Å²) in [6.45, 7) is 7.93. The summed E-state index contributed by atoms with van der Waals surface area (Å²) in [5.41, 5.74) is 1.30. The summed E-state index contributed by atoms with van der Waals surface area (Å²) < 4.78 is 2.87. The van der Waals surface area contributed by atoms with E-state index < -0.39 is 0 Å². The molecule has 0 aromatic carbocycles. The second kappa shape index (κ2) is 4.92. The lowest BCUT2D eigenvalue weighted by Crippen LogP contribution is -2.25. The molecule has 0 spiro atoms. The van der Waals surface area contributed by atoms with Gasteiger partial charge in [-0.25, -0.2) is 13.9 Å². The highest BCUT2D eigenvalue weighted by atomic mass is 16.2. The Labute approximate surface area is 98.6 Å². The summed E-state index contributed by atoms with van der Waals surface area (Å²) in [6.07, 6.45) is 4.73. The molecule has 0 aliphatic carbocycles. The highest BCUT2D eigenvalue weighted by molar-refractivity contribution is 5.31. The molecule has 0 bridgehead atoms. The van der Waals surface area contributed by atoms with Gasteiger partial charge in [-0.05, 0) is 12.1 Å². The van der Waals surface area contributed by atoms with Crippen molar-refractivity contribution in [2.24, 2.45) is 0 Å². The maximum atomic E-state index is 11.9. The predicted octanol–water partition coefficient (Wildman–Crippen LogP) is 0.0567. The topological polar surface area (TPSA) is 64.2 Å². The number of likely N-dealkylation sites (N-methyl/N-ethyl adjacent to an activating group) is 1. The molecule has 0 aliphatic rings. The molecule has 2 aromatic rings. The minimum atomic E-state index is -0.167. The van der Waals surface area contributed by atoms with Crippen LogP contribution >= 0.6 is 0 Å². The van der Waals surface area contributed by atoms with E-state index in [9.17, 15) is 4.79 Å². The van der Waals surface area contributed by atoms with Gasteiger partial charge in [-0.1, -0.05) is 13.5 Å². The molecule has 0 unspecified atom stereocenters. The largest absolute Gasteiger partial charge is 0.350 e. The monoisotopic (exact) mass is 233 g/mol. The first-order valence-electron chi connectivity index (χ1n) is 5.49. The molecule has 0 aliphatic heterocycles. The normalized spacial score (nSPS) is 10.9. The van der Waals surface area contributed by atoms with E-state index in [0.29, 0.717) is 18.7 Å². The molecule has 2 heterocycles. The summed E-state index contributed by atoms with van der Waals surface area (Å²) in [7, 11) is 0. The molecule has 2 rings (SSSR count). The van der Waals surface area contributed by atoms with Crippen LogP contribution in [0.2, 0.25) is 0 Å². The Bertz CT molecular complexity index is 583. The van der Waals surface area contributed by atoms with Gasteiger partial charge in [0.2, 0.25) is 0 Å². The molecule has 1 N–H and O–H groups in total. The van der Waals surface area contributed by atoms with Gasteiger partial charge in [-0.3, -0.25) is 4.98 Å². The number of nitrogens with zero attached hydrogens (tertiary/aromatic N) is 4. The molecule has 6 heteroatoms. The molecule has 17 heavy (non-hydrogen) atoms. The van der Waals surface area contributed by atoms with Crippen molar-refractivity contribution >= 4 is 5.65 Å². The number of rotatable bonds is 5. The third-order valence-electron chi connectivity index (χ3n) is 2.39. The average molecular weight is 233 g/mol. The van der Waals surface area contributed by atoms with Gasteiger partial charge in [0.25, 0.3) is 0 Å². The van der Waals surface area contributed by atoms with E-state index >= 15 is 0 Å². The number of hydrogen-bond acceptors (Lipinski definition) is 4. The van der Waals surface area contributed by atoms with Gasteiger partial charge in [-0.15, -0.1) is 5.10 Å². The molecule has 2 aromatic heterocycles. The first-order chi connectivity index (χ1) is 8.22. The van der Waals surface area contributed by atoms with Crippen LogP contribution in [0.3, 0.4) is 0 Å². The van der Waals surface area contributed by atoms with E-state index in [4.69, 9.17) is 0 Å². The van der Waals surface area contributed by atoms with Crippen molar-refractivity contribution in [3.63, 3.8) is 0 Å². The zero-order valence-corrected chi connectivity index (χ0v) is 9.76. The average Bonchev–Trinajstić information content (AvgIpc) is 2.64. The minimum Gasteiger partial charge on any atom is -0.313 e. The van der Waals surface area contributed by atoms with Crippen LogP contribution in [0.1, 0.15) is 6.92 Å². The van der Waals surface area contributed by atoms with Crippen molar-refractivity contribution in [3.05, 3.63) is 41.2 Å². The van der Waals surface area contributed by atoms with Gasteiger partial charge in [0, 0.05) is 18.9 Å². The maximum Gasteiger partial charge on any atom is 0.350 e. The minimum absolute atomic E-state index is 0.167. The SMILES string of the molecule is C=C(CNCC)Cn1nc2cnccn2c1=O. The van der Waals surface area contributed by atoms with E-state index in [1.807, 2.05) is 6.92 Å². The molecule has 0 fully saturated rings. The van der Waals surface area contributed by atoms with Crippen LogP contribution in [0.15, 0.2) is 35.5 Å². The molecular formula is C11H15N5O. The molecule has 0 radical (unpaired) electrons. The Balaban J connectivity index is 2.22. The first kappa shape index (κ1) is 11.5. The molecule has 0 saturated carbocycles. The fraction of sp³-hybridized carbons (Fsp3) is 0.364. The molecule has 0 saturated heterocycles. The molecule has 0 amide bonds. The third-order valence-corrected chi connectivity index (χ3v) is 2.39. The summed E-state index contributed by atoms with van der Waals surface area (Å²) in [5, 5.41) is 7.34. The summed E-state index contributed by atoms with van der Waals surface area (Å²) >= 11 is 0. The second-order valence-electron chi connectivity index (χ2n) is 3.78. The number of aromatic nitrogens is 4. The lowest BCUT2D eigenvalue weighted by molar-refractivity contribution is 0.625. The third kappa shape index (κ3) is 2.42. The van der Waals surface area contributed by atoms with Gasteiger partial charge >= 0.3 is 5.69 Å². The fourth-order valence-electron chi connectivity index (χ4n) is 1.55. The summed E-state index contributed by atoms with van der Waals surface area (Å²) in [6, 6.07) is 0. The van der Waals surface area contributed by atoms with Crippen LogP contribution in [0, 0.1) is 0 Å². The van der Waals surface area contributed by atoms with Crippen LogP contribution in [0.4, 0.5) is 0 Å². The van der Waals surface area contributed by atoms with Crippen LogP contribution in [0.25, 0.3) is 5.65 Å². The first-order valence-corrected chi connectivity index (χ1v) is 5.49. The van der Waals surface area contributed by atoms with E-state index in [1.165, 1.54) is 9.08 Å². The van der Waals surface area contributed by atoms with E-state index in [-0.39, 0.29) is 5.69 Å². The number of nitrogens with one attached hydrogen (secondary N) is 1. The summed E-state index contributed by atoms with van der Waals surface area (Å²) in [5.74, 6) is 0. The van der Waals surface area contributed by atoms with Crippen LogP contribution in [-0.4, -0.2) is 32.3 Å². The molecule has 0 atom stereocenters. The predicted molar refractivity (Wildman–Crippen MR) is 64.9 cm³/mol. The van der Waals surface area contributed by atoms with Crippen molar-refractivity contribution in [3.8, 4) is 0 Å². The van der Waals surface area contributed by atoms with E-state index in [1.54, 1.807) is 18.6 Å². The van der Waals surface area contributed by atoms with Gasteiger partial charge in [0.05, 0.1) is 12.7 Å². The number of hydrogen-bond donors (Lipinski definition) is 1. The van der Waals surface area contributed by atoms with Crippen molar-refractivity contribution in [1.29, 1.82) is 0 Å². The Hall–Kier alpha value is -1.95. The Morgan fingerprint density at radius 3 is 3.12 bits per heavy atom. The Kier molecular flexibility index (Phi) is 3.34. The lowest BCUT2D eigenvalue weighted by atomic mass is 10.3. The standard InChI is InChI=1S/C11H15N5O/c1-3-12-6-9(2)8-16-11(17)15-5-4-13-7-10(15)14-16/h4-5,7,12H,2-3,6,8H2,1H3. The van der Waals surface area contributed by atoms with Crippen molar-refractivity contribution < 1.29 is 0 Å². The van der Waals surface area contributed by atoms with Crippen LogP contribution < -0.4 is 11.0 Å². The molecule has 6 nitrogen and oxygen atoms in total. The van der Waals surface area contributed by atoms with Gasteiger partial charge in [0.15, 0.2) is 5.65 Å². The maximum absolute atomic E-state index is 11.9. The highest BCUT2D eigenvalue weighted by Crippen LogP contribution is 1.96. The zero-order valence-electron chi connectivity index (χ0n) is 9.76. The summed E-state index contributed by atoms with van der Waals surface area (Å²) in [4.78, 5) is 15.8. The zero-order chi connectivity index (χ0) is 12.3. The highest BCUT2D eigenvalue weighted by Gasteiger charge is 2.06. The fourth-order valence-corrected chi connectivity index (χ4v) is 1.55. The van der Waals surface area contributed by atoms with E-state index in [2.05, 4.69) is 22.0 Å². The van der Waals surface area contributed by atoms with Crippen LogP contribution in [-0.2, 0) is 6.54 Å². The van der Waals surface area contributed by atoms with Crippen LogP contribution in [0.5, 0.6) is 0 Å². The quantitative estimate of drug-likeness (QED) is 0.741. The lowest BCUT2D eigenvalue weighted by Gasteiger charge is -2.04. The Morgan fingerprint density at radius 1 is 1.59 bits per heavy atom. The van der Waals surface area contributed by atoms with Crippen molar-refractivity contribution in [1.82, 2.24) is 24.5 Å². The van der Waals surface area contributed by atoms with Gasteiger partial charge < -0.3 is 5.32 Å². The van der Waals surface area contributed by atoms with Gasteiger partial charge in [0.1, 0.15) is 0 Å². The smallest absolute Gasteiger partial charge is 0.313 e. The van der Waals surface area contributed by atoms with Gasteiger partial charge in [-0.2, -0.15) is 0 Å². The number of fused-ring (bicyclic) bond motifs is 1. The van der Waals surface area contributed by atoms with E-state index in [0.717, 1.165) is 12.1 Å². The Morgan fingerprint density at radius 2 is 2.41 bits per heavy atom. The molecular weight excluding hydrogens is 218 g/mol. The van der Waals surface area contributed by atoms with Crippen molar-refractivity contribution in [2.75, 3.05) is 13.1 Å².